The molecule has 0 bridgehead atoms. The topological polar surface area (TPSA) is 72.8 Å². The van der Waals surface area contributed by atoms with Crippen molar-refractivity contribution < 1.29 is 24.2 Å². The molecule has 2 aliphatic carbocycles. The number of hydrogen-bond acceptors (Lipinski definition) is 5. The Morgan fingerprint density at radius 3 is 2.76 bits per heavy atom. The van der Waals surface area contributed by atoms with E-state index in [1.807, 2.05) is 6.92 Å². The Kier molecular flexibility index (Phi) is 3.66. The van der Waals surface area contributed by atoms with Gasteiger partial charge in [-0.2, -0.15) is 0 Å². The molecule has 5 heteroatoms. The summed E-state index contributed by atoms with van der Waals surface area (Å²) in [5.41, 5.74) is 1.86. The lowest BCUT2D eigenvalue weighted by Gasteiger charge is -2.27. The molecule has 0 aromatic rings. The number of ketones is 1. The van der Waals surface area contributed by atoms with Gasteiger partial charge in [0.25, 0.3) is 0 Å². The number of allylic oxidation sites excluding steroid dienone is 1. The van der Waals surface area contributed by atoms with Crippen molar-refractivity contribution in [2.24, 2.45) is 23.7 Å². The summed E-state index contributed by atoms with van der Waals surface area (Å²) in [7, 11) is 1.54. The first-order chi connectivity index (χ1) is 9.95. The van der Waals surface area contributed by atoms with Crippen molar-refractivity contribution in [2.45, 2.75) is 38.9 Å². The zero-order valence-electron chi connectivity index (χ0n) is 12.7. The van der Waals surface area contributed by atoms with Crippen molar-refractivity contribution in [2.75, 3.05) is 13.7 Å². The number of aliphatic hydroxyl groups excluding tert-OH is 1. The molecule has 1 saturated carbocycles. The van der Waals surface area contributed by atoms with Gasteiger partial charge in [0, 0.05) is 25.4 Å². The SMILES string of the molecule is COCC1C(=O)OC2CC(C)C3=C(C)C(=O)CC3C(O)C21. The van der Waals surface area contributed by atoms with Gasteiger partial charge in [-0.05, 0) is 24.8 Å². The van der Waals surface area contributed by atoms with Crippen LogP contribution in [0.25, 0.3) is 0 Å². The highest BCUT2D eigenvalue weighted by atomic mass is 16.6. The smallest absolute Gasteiger partial charge is 0.312 e. The first-order valence-corrected chi connectivity index (χ1v) is 7.57. The molecule has 21 heavy (non-hydrogen) atoms. The first-order valence-electron chi connectivity index (χ1n) is 7.57. The molecule has 1 N–H and O–H groups in total. The second kappa shape index (κ2) is 5.21. The predicted octanol–water partition coefficient (Wildman–Crippen LogP) is 1.10. The second-order valence-electron chi connectivity index (χ2n) is 6.56. The van der Waals surface area contributed by atoms with Crippen LogP contribution < -0.4 is 0 Å². The van der Waals surface area contributed by atoms with Crippen LogP contribution in [0.5, 0.6) is 0 Å². The van der Waals surface area contributed by atoms with Crippen LogP contribution in [0.1, 0.15) is 26.7 Å². The van der Waals surface area contributed by atoms with Crippen molar-refractivity contribution >= 4 is 11.8 Å². The van der Waals surface area contributed by atoms with E-state index in [-0.39, 0.29) is 42.2 Å². The van der Waals surface area contributed by atoms with Crippen molar-refractivity contribution in [3.8, 4) is 0 Å². The number of aliphatic hydroxyl groups is 1. The van der Waals surface area contributed by atoms with Gasteiger partial charge in [0.2, 0.25) is 0 Å². The summed E-state index contributed by atoms with van der Waals surface area (Å²) in [5.74, 6) is -0.894. The van der Waals surface area contributed by atoms with Gasteiger partial charge >= 0.3 is 5.97 Å². The summed E-state index contributed by atoms with van der Waals surface area (Å²) in [4.78, 5) is 24.0. The maximum atomic E-state index is 12.0. The summed E-state index contributed by atoms with van der Waals surface area (Å²) >= 11 is 0. The Hall–Kier alpha value is -1.20. The van der Waals surface area contributed by atoms with E-state index in [2.05, 4.69) is 6.92 Å². The highest BCUT2D eigenvalue weighted by molar-refractivity contribution is 5.98. The second-order valence-corrected chi connectivity index (χ2v) is 6.56. The monoisotopic (exact) mass is 294 g/mol. The molecule has 0 spiro atoms. The van der Waals surface area contributed by atoms with Crippen molar-refractivity contribution in [3.63, 3.8) is 0 Å². The minimum atomic E-state index is -0.719. The number of ether oxygens (including phenoxy) is 2. The summed E-state index contributed by atoms with van der Waals surface area (Å²) in [5, 5.41) is 10.8. The molecule has 5 nitrogen and oxygen atoms in total. The highest BCUT2D eigenvalue weighted by Gasteiger charge is 2.54. The van der Waals surface area contributed by atoms with E-state index in [1.54, 1.807) is 7.11 Å². The third-order valence-electron chi connectivity index (χ3n) is 5.39. The largest absolute Gasteiger partial charge is 0.462 e. The van der Waals surface area contributed by atoms with Crippen molar-refractivity contribution in [3.05, 3.63) is 11.1 Å². The van der Waals surface area contributed by atoms with Crippen LogP contribution in [0.2, 0.25) is 0 Å². The van der Waals surface area contributed by atoms with Crippen LogP contribution in [0.3, 0.4) is 0 Å². The number of Topliss-reactive ketones (excluding diaryl/α,β-unsaturated/α-hetero) is 1. The molecule has 1 heterocycles. The lowest BCUT2D eigenvalue weighted by atomic mass is 9.80. The number of rotatable bonds is 2. The van der Waals surface area contributed by atoms with Gasteiger partial charge in [-0.15, -0.1) is 0 Å². The lowest BCUT2D eigenvalue weighted by Crippen LogP contribution is -2.38. The van der Waals surface area contributed by atoms with E-state index < -0.39 is 12.0 Å². The van der Waals surface area contributed by atoms with Crippen LogP contribution in [0, 0.1) is 23.7 Å². The Morgan fingerprint density at radius 1 is 1.38 bits per heavy atom. The maximum Gasteiger partial charge on any atom is 0.312 e. The van der Waals surface area contributed by atoms with Gasteiger partial charge in [-0.25, -0.2) is 0 Å². The number of methoxy groups -OCH3 is 1. The van der Waals surface area contributed by atoms with Gasteiger partial charge in [0.15, 0.2) is 5.78 Å². The standard InChI is InChI=1S/C16H22O5/c1-7-4-12-14(10(6-20-3)16(19)21-12)15(18)9-5-11(17)8(2)13(7)9/h7,9-10,12,14-15,18H,4-6H2,1-3H3. The van der Waals surface area contributed by atoms with Gasteiger partial charge in [0.1, 0.15) is 6.10 Å². The van der Waals surface area contributed by atoms with E-state index in [1.165, 1.54) is 0 Å². The number of hydrogen-bond donors (Lipinski definition) is 1. The molecular formula is C16H22O5. The predicted molar refractivity (Wildman–Crippen MR) is 74.3 cm³/mol. The van der Waals surface area contributed by atoms with Gasteiger partial charge in [0.05, 0.1) is 18.6 Å². The average Bonchev–Trinajstić information content (AvgIpc) is 2.85. The molecule has 3 rings (SSSR count). The number of carbonyl (C=O) groups excluding carboxylic acids is 2. The summed E-state index contributed by atoms with van der Waals surface area (Å²) < 4.78 is 10.6. The minimum absolute atomic E-state index is 0.118. The van der Waals surface area contributed by atoms with Gasteiger partial charge < -0.3 is 14.6 Å². The molecule has 0 radical (unpaired) electrons. The molecule has 6 atom stereocenters. The zero-order valence-corrected chi connectivity index (χ0v) is 12.7. The third kappa shape index (κ3) is 2.14. The molecule has 0 aromatic carbocycles. The average molecular weight is 294 g/mol. The van der Waals surface area contributed by atoms with Gasteiger partial charge in [-0.1, -0.05) is 12.5 Å². The first kappa shape index (κ1) is 14.7. The molecule has 116 valence electrons. The quantitative estimate of drug-likeness (QED) is 0.772. The van der Waals surface area contributed by atoms with Crippen LogP contribution in [-0.4, -0.2) is 42.8 Å². The van der Waals surface area contributed by atoms with Crippen LogP contribution in [0.4, 0.5) is 0 Å². The fraction of sp³-hybridized carbons (Fsp3) is 0.750. The highest BCUT2D eigenvalue weighted by Crippen LogP contribution is 2.48. The number of fused-ring (bicyclic) bond motifs is 2. The normalized spacial score (nSPS) is 42.7. The Balaban J connectivity index is 1.98. The third-order valence-corrected chi connectivity index (χ3v) is 5.39. The van der Waals surface area contributed by atoms with Crippen molar-refractivity contribution in [1.82, 2.24) is 0 Å². The molecule has 1 saturated heterocycles. The molecule has 3 aliphatic rings. The Labute approximate surface area is 124 Å². The molecule has 0 amide bonds. The maximum absolute atomic E-state index is 12.0. The molecular weight excluding hydrogens is 272 g/mol. The van der Waals surface area contributed by atoms with E-state index in [0.29, 0.717) is 12.8 Å². The van der Waals surface area contributed by atoms with Crippen LogP contribution in [-0.2, 0) is 19.1 Å². The lowest BCUT2D eigenvalue weighted by molar-refractivity contribution is -0.145. The molecule has 1 aliphatic heterocycles. The van der Waals surface area contributed by atoms with Gasteiger partial charge in [-0.3, -0.25) is 9.59 Å². The molecule has 6 unspecified atom stereocenters. The van der Waals surface area contributed by atoms with E-state index in [9.17, 15) is 14.7 Å². The molecule has 2 fully saturated rings. The number of carbonyl (C=O) groups is 2. The van der Waals surface area contributed by atoms with E-state index >= 15 is 0 Å². The fourth-order valence-electron chi connectivity index (χ4n) is 4.44. The van der Waals surface area contributed by atoms with Crippen molar-refractivity contribution in [1.29, 1.82) is 0 Å². The van der Waals surface area contributed by atoms with Crippen LogP contribution >= 0.6 is 0 Å². The van der Waals surface area contributed by atoms with Crippen LogP contribution in [0.15, 0.2) is 11.1 Å². The summed E-state index contributed by atoms with van der Waals surface area (Å²) in [6, 6.07) is 0. The Morgan fingerprint density at radius 2 is 2.10 bits per heavy atom. The van der Waals surface area contributed by atoms with E-state index in [4.69, 9.17) is 9.47 Å². The Bertz CT molecular complexity index is 509. The minimum Gasteiger partial charge on any atom is -0.462 e. The summed E-state index contributed by atoms with van der Waals surface area (Å²) in [6.07, 6.45) is 0.0279. The molecule has 0 aromatic heterocycles. The zero-order chi connectivity index (χ0) is 15.3. The number of esters is 1. The fourth-order valence-corrected chi connectivity index (χ4v) is 4.44. The van der Waals surface area contributed by atoms with E-state index in [0.717, 1.165) is 11.1 Å². The summed E-state index contributed by atoms with van der Waals surface area (Å²) in [6.45, 7) is 4.15.